The Balaban J connectivity index is 1.88. The van der Waals surface area contributed by atoms with E-state index < -0.39 is 0 Å². The molecule has 1 rings (SSSR count). The van der Waals surface area contributed by atoms with Crippen LogP contribution in [-0.2, 0) is 51.9 Å². The fraction of sp³-hybridized carbons (Fsp3) is 0.769. The molecular formula is C13H24N2O4Pt. The van der Waals surface area contributed by atoms with Crippen LogP contribution < -0.4 is 0 Å². The van der Waals surface area contributed by atoms with Crippen molar-refractivity contribution >= 4 is 0 Å². The van der Waals surface area contributed by atoms with Crippen LogP contribution in [0.2, 0.25) is 0 Å². The molecule has 0 spiro atoms. The minimum atomic E-state index is 0.596. The standard InChI is InChI=1S/C13H24N2O4.Pt/c1-14-3-4-15(13-14)5-6-17-9-10-19-12-11-18-8-7-16-2;/h3-4H,5-12H2,1-2H3;. The van der Waals surface area contributed by atoms with Crippen LogP contribution in [-0.4, -0.2) is 62.5 Å². The van der Waals surface area contributed by atoms with E-state index in [1.165, 1.54) is 3.80 Å². The molecule has 0 amide bonds. The summed E-state index contributed by atoms with van der Waals surface area (Å²) in [4.78, 5) is 0. The quantitative estimate of drug-likeness (QED) is 0.423. The van der Waals surface area contributed by atoms with E-state index in [-0.39, 0.29) is 0 Å². The van der Waals surface area contributed by atoms with Crippen molar-refractivity contribution in [2.24, 2.45) is 7.05 Å². The zero-order valence-electron chi connectivity index (χ0n) is 12.2. The number of nitrogens with zero attached hydrogens (tertiary/aromatic N) is 2. The molecule has 0 aliphatic carbocycles. The summed E-state index contributed by atoms with van der Waals surface area (Å²) in [5, 5.41) is 0. The second kappa shape index (κ2) is 11.4. The third-order valence-electron chi connectivity index (χ3n) is 2.61. The molecule has 0 N–H and O–H groups in total. The molecule has 0 bridgehead atoms. The predicted molar refractivity (Wildman–Crippen MR) is 71.0 cm³/mol. The molecule has 0 atom stereocenters. The van der Waals surface area contributed by atoms with E-state index in [2.05, 4.69) is 34.7 Å². The number of ether oxygens (including phenoxy) is 4. The molecule has 7 heteroatoms. The summed E-state index contributed by atoms with van der Waals surface area (Å²) in [6, 6.07) is 0. The number of aryl methyl sites for hydroxylation is 1. The monoisotopic (exact) mass is 467 g/mol. The Bertz CT molecular complexity index is 405. The van der Waals surface area contributed by atoms with Gasteiger partial charge in [-0.25, -0.2) is 0 Å². The number of imidazole rings is 1. The molecule has 0 saturated carbocycles. The van der Waals surface area contributed by atoms with E-state index in [9.17, 15) is 0 Å². The van der Waals surface area contributed by atoms with Crippen molar-refractivity contribution in [3.8, 4) is 0 Å². The number of methoxy groups -OCH3 is 1. The van der Waals surface area contributed by atoms with Gasteiger partial charge in [0.1, 0.15) is 0 Å². The molecule has 1 aromatic heterocycles. The molecule has 20 heavy (non-hydrogen) atoms. The van der Waals surface area contributed by atoms with Gasteiger partial charge in [-0.15, -0.1) is 0 Å². The third-order valence-corrected chi connectivity index (χ3v) is 4.07. The second-order valence-corrected chi connectivity index (χ2v) is 5.19. The van der Waals surface area contributed by atoms with Gasteiger partial charge in [0.05, 0.1) is 6.61 Å². The second-order valence-electron chi connectivity index (χ2n) is 4.17. The predicted octanol–water partition coefficient (Wildman–Crippen LogP) is 0.602. The van der Waals surface area contributed by atoms with Crippen LogP contribution in [0.15, 0.2) is 12.4 Å². The SMILES string of the molecule is COCCOCCOCCOCCn1ccn(C)[c]1=[Pt]. The first-order valence-electron chi connectivity index (χ1n) is 6.65. The van der Waals surface area contributed by atoms with Crippen molar-refractivity contribution in [2.45, 2.75) is 6.54 Å². The van der Waals surface area contributed by atoms with Crippen molar-refractivity contribution in [1.29, 1.82) is 0 Å². The Hall–Kier alpha value is -0.262. The molecule has 0 aromatic carbocycles. The Labute approximate surface area is 131 Å². The first-order chi connectivity index (χ1) is 9.75. The fourth-order valence-electron chi connectivity index (χ4n) is 1.50. The van der Waals surface area contributed by atoms with Crippen molar-refractivity contribution in [2.75, 3.05) is 53.4 Å². The summed E-state index contributed by atoms with van der Waals surface area (Å²) in [7, 11) is 3.69. The van der Waals surface area contributed by atoms with Gasteiger partial charge in [0, 0.05) is 7.11 Å². The van der Waals surface area contributed by atoms with Crippen LogP contribution in [0, 0.1) is 3.80 Å². The summed E-state index contributed by atoms with van der Waals surface area (Å²) in [6.45, 7) is 5.20. The van der Waals surface area contributed by atoms with E-state index in [1.807, 2.05) is 13.2 Å². The summed E-state index contributed by atoms with van der Waals surface area (Å²) < 4.78 is 26.5. The molecule has 0 saturated heterocycles. The van der Waals surface area contributed by atoms with E-state index in [4.69, 9.17) is 18.9 Å². The fourth-order valence-corrected chi connectivity index (χ4v) is 2.10. The van der Waals surface area contributed by atoms with Gasteiger partial charge in [-0.1, -0.05) is 0 Å². The summed E-state index contributed by atoms with van der Waals surface area (Å²) in [6.07, 6.45) is 4.09. The van der Waals surface area contributed by atoms with Crippen molar-refractivity contribution < 1.29 is 38.3 Å². The summed E-state index contributed by atoms with van der Waals surface area (Å²) in [5.74, 6) is 0. The van der Waals surface area contributed by atoms with E-state index >= 15 is 0 Å². The maximum absolute atomic E-state index is 5.53. The summed E-state index contributed by atoms with van der Waals surface area (Å²) >= 11 is 2.30. The molecule has 0 aliphatic rings. The van der Waals surface area contributed by atoms with Gasteiger partial charge in [-0.3, -0.25) is 0 Å². The maximum atomic E-state index is 5.53. The molecular weight excluding hydrogens is 443 g/mol. The van der Waals surface area contributed by atoms with Crippen LogP contribution >= 0.6 is 0 Å². The zero-order chi connectivity index (χ0) is 14.6. The molecule has 120 valence electrons. The molecule has 0 aliphatic heterocycles. The van der Waals surface area contributed by atoms with E-state index in [1.54, 1.807) is 7.11 Å². The molecule has 0 fully saturated rings. The Morgan fingerprint density at radius 1 is 0.900 bits per heavy atom. The number of hydrogen-bond acceptors (Lipinski definition) is 4. The number of aromatic nitrogens is 2. The topological polar surface area (TPSA) is 46.8 Å². The van der Waals surface area contributed by atoms with Gasteiger partial charge < -0.3 is 4.74 Å². The first-order valence-corrected chi connectivity index (χ1v) is 7.78. The van der Waals surface area contributed by atoms with Crippen LogP contribution in [0.4, 0.5) is 0 Å². The van der Waals surface area contributed by atoms with Gasteiger partial charge in [0.25, 0.3) is 0 Å². The van der Waals surface area contributed by atoms with Gasteiger partial charge in [-0.2, -0.15) is 0 Å². The molecule has 1 aromatic rings. The number of rotatable bonds is 12. The number of hydrogen-bond donors (Lipinski definition) is 0. The van der Waals surface area contributed by atoms with Gasteiger partial charge >= 0.3 is 112 Å². The van der Waals surface area contributed by atoms with E-state index in [0.717, 1.165) is 6.54 Å². The average molecular weight is 467 g/mol. The Kier molecular flexibility index (Phi) is 10.1. The van der Waals surface area contributed by atoms with Crippen molar-refractivity contribution in [1.82, 2.24) is 9.13 Å². The molecule has 0 radical (unpaired) electrons. The normalized spacial score (nSPS) is 11.2. The van der Waals surface area contributed by atoms with E-state index in [0.29, 0.717) is 46.2 Å². The van der Waals surface area contributed by atoms with Gasteiger partial charge in [-0.05, 0) is 0 Å². The molecule has 1 heterocycles. The molecule has 6 nitrogen and oxygen atoms in total. The average Bonchev–Trinajstić information content (AvgIpc) is 2.76. The van der Waals surface area contributed by atoms with Gasteiger partial charge in [0.15, 0.2) is 0 Å². The van der Waals surface area contributed by atoms with Crippen molar-refractivity contribution in [3.63, 3.8) is 0 Å². The molecule has 0 unspecified atom stereocenters. The first kappa shape index (κ1) is 17.8. The Morgan fingerprint density at radius 2 is 1.45 bits per heavy atom. The third kappa shape index (κ3) is 7.50. The van der Waals surface area contributed by atoms with Gasteiger partial charge in [0.2, 0.25) is 0 Å². The summed E-state index contributed by atoms with van der Waals surface area (Å²) in [5.41, 5.74) is 0. The van der Waals surface area contributed by atoms with Crippen molar-refractivity contribution in [3.05, 3.63) is 16.2 Å². The van der Waals surface area contributed by atoms with Crippen LogP contribution in [0.5, 0.6) is 0 Å². The van der Waals surface area contributed by atoms with Crippen LogP contribution in [0.1, 0.15) is 0 Å². The minimum absolute atomic E-state index is 0.596. The van der Waals surface area contributed by atoms with Crippen LogP contribution in [0.25, 0.3) is 0 Å². The Morgan fingerprint density at radius 3 is 1.95 bits per heavy atom. The zero-order valence-corrected chi connectivity index (χ0v) is 14.4. The van der Waals surface area contributed by atoms with Crippen LogP contribution in [0.3, 0.4) is 0 Å².